The van der Waals surface area contributed by atoms with Crippen molar-refractivity contribution >= 4 is 23.0 Å². The van der Waals surface area contributed by atoms with Gasteiger partial charge < -0.3 is 10.2 Å². The minimum absolute atomic E-state index is 0.0319. The van der Waals surface area contributed by atoms with Gasteiger partial charge in [-0.1, -0.05) is 24.4 Å². The second-order valence-corrected chi connectivity index (χ2v) is 6.03. The van der Waals surface area contributed by atoms with E-state index in [0.29, 0.717) is 17.3 Å². The van der Waals surface area contributed by atoms with Crippen LogP contribution in [0.25, 0.3) is 0 Å². The van der Waals surface area contributed by atoms with Crippen molar-refractivity contribution in [2.24, 2.45) is 0 Å². The van der Waals surface area contributed by atoms with E-state index in [1.165, 1.54) is 18.9 Å². The van der Waals surface area contributed by atoms with Crippen LogP contribution < -0.4 is 5.32 Å². The Morgan fingerprint density at radius 1 is 1.40 bits per heavy atom. The Morgan fingerprint density at radius 2 is 2.05 bits per heavy atom. The number of nitro groups is 1. The van der Waals surface area contributed by atoms with Crippen LogP contribution in [0.3, 0.4) is 0 Å². The molecule has 0 unspecified atom stereocenters. The van der Waals surface area contributed by atoms with Gasteiger partial charge in [-0.3, -0.25) is 10.1 Å². The summed E-state index contributed by atoms with van der Waals surface area (Å²) in [5.41, 5.74) is 0.657. The van der Waals surface area contributed by atoms with Crippen LogP contribution in [-0.4, -0.2) is 36.0 Å². The predicted octanol–water partition coefficient (Wildman–Crippen LogP) is 3.53. The maximum atomic E-state index is 11.1. The highest BCUT2D eigenvalue weighted by Crippen LogP contribution is 2.35. The Kier molecular flexibility index (Phi) is 4.50. The zero-order valence-electron chi connectivity index (χ0n) is 11.9. The van der Waals surface area contributed by atoms with Crippen LogP contribution in [0.4, 0.5) is 11.4 Å². The molecule has 0 amide bonds. The molecule has 0 bridgehead atoms. The van der Waals surface area contributed by atoms with Gasteiger partial charge in [0.1, 0.15) is 5.69 Å². The molecule has 1 aromatic rings. The lowest BCUT2D eigenvalue weighted by atomic mass is 9.96. The van der Waals surface area contributed by atoms with Gasteiger partial charge in [0.05, 0.1) is 4.92 Å². The van der Waals surface area contributed by atoms with Crippen molar-refractivity contribution in [3.05, 3.63) is 33.3 Å². The summed E-state index contributed by atoms with van der Waals surface area (Å²) >= 11 is 5.83. The third-order valence-corrected chi connectivity index (χ3v) is 4.48. The fourth-order valence-electron chi connectivity index (χ4n) is 2.88. The molecule has 1 aromatic carbocycles. The van der Waals surface area contributed by atoms with Crippen molar-refractivity contribution in [1.82, 2.24) is 4.90 Å². The largest absolute Gasteiger partial charge is 0.378 e. The highest BCUT2D eigenvalue weighted by molar-refractivity contribution is 6.30. The second kappa shape index (κ2) is 5.97. The third kappa shape index (κ3) is 3.04. The molecule has 20 heavy (non-hydrogen) atoms. The number of halogens is 1. The number of nitrogens with one attached hydrogen (secondary N) is 1. The highest BCUT2D eigenvalue weighted by Gasteiger charge is 2.36. The number of anilines is 1. The summed E-state index contributed by atoms with van der Waals surface area (Å²) in [6.07, 6.45) is 4.66. The van der Waals surface area contributed by atoms with Gasteiger partial charge in [0.15, 0.2) is 0 Å². The molecular formula is C14H20ClN3O2. The van der Waals surface area contributed by atoms with Crippen molar-refractivity contribution in [3.63, 3.8) is 0 Å². The quantitative estimate of drug-likeness (QED) is 0.667. The normalized spacial score (nSPS) is 17.4. The maximum Gasteiger partial charge on any atom is 0.293 e. The number of nitrogens with zero attached hydrogens (tertiary/aromatic N) is 2. The van der Waals surface area contributed by atoms with Gasteiger partial charge in [0.2, 0.25) is 0 Å². The average molecular weight is 298 g/mol. The molecule has 1 aliphatic rings. The summed E-state index contributed by atoms with van der Waals surface area (Å²) < 4.78 is 0. The van der Waals surface area contributed by atoms with Gasteiger partial charge in [-0.25, -0.2) is 0 Å². The maximum absolute atomic E-state index is 11.1. The molecule has 0 aromatic heterocycles. The third-order valence-electron chi connectivity index (χ3n) is 4.25. The Labute approximate surface area is 124 Å². The molecule has 5 nitrogen and oxygen atoms in total. The number of nitro benzene ring substituents is 1. The molecule has 0 heterocycles. The molecule has 1 N–H and O–H groups in total. The zero-order valence-corrected chi connectivity index (χ0v) is 12.6. The smallest absolute Gasteiger partial charge is 0.293 e. The van der Waals surface area contributed by atoms with Gasteiger partial charge in [-0.05, 0) is 39.1 Å². The van der Waals surface area contributed by atoms with Crippen molar-refractivity contribution in [3.8, 4) is 0 Å². The van der Waals surface area contributed by atoms with Crippen LogP contribution in [0, 0.1) is 10.1 Å². The highest BCUT2D eigenvalue weighted by atomic mass is 35.5. The number of likely N-dealkylation sites (N-methyl/N-ethyl adjacent to an activating group) is 1. The van der Waals surface area contributed by atoms with Crippen LogP contribution in [0.2, 0.25) is 5.02 Å². The van der Waals surface area contributed by atoms with E-state index in [1.54, 1.807) is 12.1 Å². The summed E-state index contributed by atoms with van der Waals surface area (Å²) in [6.45, 7) is 0.711. The Bertz CT molecular complexity index is 499. The van der Waals surface area contributed by atoms with Crippen LogP contribution in [-0.2, 0) is 0 Å². The van der Waals surface area contributed by atoms with E-state index in [-0.39, 0.29) is 11.2 Å². The average Bonchev–Trinajstić information content (AvgIpc) is 2.87. The van der Waals surface area contributed by atoms with E-state index in [9.17, 15) is 10.1 Å². The number of rotatable bonds is 5. The molecule has 0 aliphatic heterocycles. The fraction of sp³-hybridized carbons (Fsp3) is 0.571. The predicted molar refractivity (Wildman–Crippen MR) is 81.5 cm³/mol. The van der Waals surface area contributed by atoms with Crippen LogP contribution in [0.5, 0.6) is 0 Å². The summed E-state index contributed by atoms with van der Waals surface area (Å²) in [7, 11) is 4.15. The number of hydrogen-bond donors (Lipinski definition) is 1. The van der Waals surface area contributed by atoms with E-state index in [2.05, 4.69) is 24.3 Å². The number of hydrogen-bond acceptors (Lipinski definition) is 4. The second-order valence-electron chi connectivity index (χ2n) is 5.60. The zero-order chi connectivity index (χ0) is 14.8. The van der Waals surface area contributed by atoms with Gasteiger partial charge in [-0.15, -0.1) is 0 Å². The summed E-state index contributed by atoms with van der Waals surface area (Å²) in [5, 5.41) is 14.7. The molecule has 0 radical (unpaired) electrons. The lowest BCUT2D eigenvalue weighted by molar-refractivity contribution is -0.383. The standard InChI is InChI=1S/C14H20ClN3O2/c1-17(2)14(7-3-4-8-14)10-16-12-6-5-11(15)9-13(12)18(19)20/h5-6,9,16H,3-4,7-8,10H2,1-2H3. The Balaban J connectivity index is 2.16. The molecule has 110 valence electrons. The molecule has 0 saturated heterocycles. The SMILES string of the molecule is CN(C)C1(CNc2ccc(Cl)cc2[N+](=O)[O-])CCCC1. The first-order valence-corrected chi connectivity index (χ1v) is 7.18. The Morgan fingerprint density at radius 3 is 2.60 bits per heavy atom. The monoisotopic (exact) mass is 297 g/mol. The molecular weight excluding hydrogens is 278 g/mol. The first-order valence-electron chi connectivity index (χ1n) is 6.80. The van der Waals surface area contributed by atoms with E-state index in [0.717, 1.165) is 12.8 Å². The molecule has 1 aliphatic carbocycles. The van der Waals surface area contributed by atoms with E-state index < -0.39 is 4.92 Å². The lowest BCUT2D eigenvalue weighted by Gasteiger charge is -2.36. The molecule has 6 heteroatoms. The molecule has 0 spiro atoms. The van der Waals surface area contributed by atoms with Crippen LogP contribution >= 0.6 is 11.6 Å². The first kappa shape index (κ1) is 15.1. The molecule has 1 saturated carbocycles. The van der Waals surface area contributed by atoms with Gasteiger partial charge in [0.25, 0.3) is 5.69 Å². The lowest BCUT2D eigenvalue weighted by Crippen LogP contribution is -2.47. The van der Waals surface area contributed by atoms with Gasteiger partial charge >= 0.3 is 0 Å². The van der Waals surface area contributed by atoms with E-state index in [1.807, 2.05) is 0 Å². The first-order chi connectivity index (χ1) is 9.44. The molecule has 2 rings (SSSR count). The topological polar surface area (TPSA) is 58.4 Å². The van der Waals surface area contributed by atoms with E-state index >= 15 is 0 Å². The summed E-state index contributed by atoms with van der Waals surface area (Å²) in [6, 6.07) is 4.74. The minimum atomic E-state index is -0.398. The summed E-state index contributed by atoms with van der Waals surface area (Å²) in [5.74, 6) is 0. The number of benzene rings is 1. The molecule has 1 fully saturated rings. The Hall–Kier alpha value is -1.33. The van der Waals surface area contributed by atoms with Gasteiger partial charge in [0, 0.05) is 23.2 Å². The summed E-state index contributed by atoms with van der Waals surface area (Å²) in [4.78, 5) is 12.9. The van der Waals surface area contributed by atoms with Crippen molar-refractivity contribution in [1.29, 1.82) is 0 Å². The van der Waals surface area contributed by atoms with Crippen LogP contribution in [0.1, 0.15) is 25.7 Å². The van der Waals surface area contributed by atoms with Gasteiger partial charge in [-0.2, -0.15) is 0 Å². The van der Waals surface area contributed by atoms with Crippen molar-refractivity contribution in [2.45, 2.75) is 31.2 Å². The fourth-order valence-corrected chi connectivity index (χ4v) is 3.05. The van der Waals surface area contributed by atoms with Crippen molar-refractivity contribution in [2.75, 3.05) is 26.0 Å². The molecule has 0 atom stereocenters. The van der Waals surface area contributed by atoms with Crippen LogP contribution in [0.15, 0.2) is 18.2 Å². The van der Waals surface area contributed by atoms with Crippen molar-refractivity contribution < 1.29 is 4.92 Å². The minimum Gasteiger partial charge on any atom is -0.378 e. The van der Waals surface area contributed by atoms with E-state index in [4.69, 9.17) is 11.6 Å².